The molecule has 1 N–H and O–H groups in total. The normalized spacial score (nSPS) is 21.3. The van der Waals surface area contributed by atoms with E-state index >= 15 is 0 Å². The van der Waals surface area contributed by atoms with E-state index in [9.17, 15) is 4.79 Å². The molecule has 0 radical (unpaired) electrons. The van der Waals surface area contributed by atoms with Gasteiger partial charge in [0.2, 0.25) is 5.91 Å². The molecule has 1 aliphatic rings. The SMILES string of the molecule is Cc1ccc2sc(-c3ccc(NC(=O)[C@]4(C)CC4(Br)Br)cc3)nc2c1. The molecule has 25 heavy (non-hydrogen) atoms. The number of hydrogen-bond donors (Lipinski definition) is 1. The Balaban J connectivity index is 1.54. The number of anilines is 1. The third-order valence-electron chi connectivity index (χ3n) is 4.69. The fraction of sp³-hybridized carbons (Fsp3) is 0.263. The summed E-state index contributed by atoms with van der Waals surface area (Å²) in [6.45, 7) is 4.02. The van der Waals surface area contributed by atoms with Gasteiger partial charge in [-0.25, -0.2) is 4.98 Å². The number of halogens is 2. The molecular formula is C19H16Br2N2OS. The minimum Gasteiger partial charge on any atom is -0.326 e. The summed E-state index contributed by atoms with van der Waals surface area (Å²) in [6.07, 6.45) is 0.773. The van der Waals surface area contributed by atoms with E-state index in [-0.39, 0.29) is 9.14 Å². The van der Waals surface area contributed by atoms with Crippen LogP contribution < -0.4 is 5.32 Å². The number of alkyl halides is 2. The van der Waals surface area contributed by atoms with Gasteiger partial charge in [-0.1, -0.05) is 37.9 Å². The number of benzene rings is 2. The van der Waals surface area contributed by atoms with E-state index in [0.717, 1.165) is 28.2 Å². The smallest absolute Gasteiger partial charge is 0.232 e. The number of amides is 1. The van der Waals surface area contributed by atoms with E-state index in [4.69, 9.17) is 4.98 Å². The molecule has 1 atom stereocenters. The molecule has 0 aliphatic heterocycles. The first-order valence-electron chi connectivity index (χ1n) is 7.95. The van der Waals surface area contributed by atoms with E-state index in [1.54, 1.807) is 11.3 Å². The van der Waals surface area contributed by atoms with Crippen LogP contribution in [0.4, 0.5) is 5.69 Å². The lowest BCUT2D eigenvalue weighted by molar-refractivity contribution is -0.120. The van der Waals surface area contributed by atoms with Crippen molar-refractivity contribution in [3.05, 3.63) is 48.0 Å². The third kappa shape index (κ3) is 3.04. The maximum atomic E-state index is 12.4. The molecule has 6 heteroatoms. The average Bonchev–Trinajstić information content (AvgIpc) is 2.91. The lowest BCUT2D eigenvalue weighted by Crippen LogP contribution is -2.25. The number of rotatable bonds is 3. The summed E-state index contributed by atoms with van der Waals surface area (Å²) in [7, 11) is 0. The molecule has 1 aromatic heterocycles. The summed E-state index contributed by atoms with van der Waals surface area (Å²) in [5.41, 5.74) is 3.69. The first kappa shape index (κ1) is 17.2. The monoisotopic (exact) mass is 478 g/mol. The molecule has 1 heterocycles. The largest absolute Gasteiger partial charge is 0.326 e. The predicted octanol–water partition coefficient (Wildman–Crippen LogP) is 6.11. The van der Waals surface area contributed by atoms with Crippen molar-refractivity contribution in [1.29, 1.82) is 0 Å². The van der Waals surface area contributed by atoms with Gasteiger partial charge in [0.05, 0.1) is 18.9 Å². The van der Waals surface area contributed by atoms with Crippen LogP contribution in [-0.2, 0) is 4.79 Å². The molecular weight excluding hydrogens is 464 g/mol. The van der Waals surface area contributed by atoms with E-state index < -0.39 is 5.41 Å². The van der Waals surface area contributed by atoms with Crippen molar-refractivity contribution in [1.82, 2.24) is 4.98 Å². The molecule has 0 unspecified atom stereocenters. The van der Waals surface area contributed by atoms with Crippen LogP contribution in [0.2, 0.25) is 0 Å². The van der Waals surface area contributed by atoms with Crippen LogP contribution in [-0.4, -0.2) is 14.1 Å². The van der Waals surface area contributed by atoms with E-state index in [1.165, 1.54) is 10.3 Å². The molecule has 4 rings (SSSR count). The van der Waals surface area contributed by atoms with Crippen LogP contribution in [0.25, 0.3) is 20.8 Å². The van der Waals surface area contributed by atoms with Crippen LogP contribution in [0.3, 0.4) is 0 Å². The molecule has 0 saturated heterocycles. The summed E-state index contributed by atoms with van der Waals surface area (Å²) in [6, 6.07) is 14.2. The Morgan fingerprint density at radius 2 is 1.88 bits per heavy atom. The minimum atomic E-state index is -0.420. The van der Waals surface area contributed by atoms with Gasteiger partial charge in [0.15, 0.2) is 0 Å². The van der Waals surface area contributed by atoms with Crippen molar-refractivity contribution in [3.8, 4) is 10.6 Å². The maximum absolute atomic E-state index is 12.4. The Morgan fingerprint density at radius 3 is 2.52 bits per heavy atom. The van der Waals surface area contributed by atoms with Gasteiger partial charge >= 0.3 is 0 Å². The van der Waals surface area contributed by atoms with Gasteiger partial charge in [-0.15, -0.1) is 11.3 Å². The van der Waals surface area contributed by atoms with Crippen molar-refractivity contribution < 1.29 is 4.79 Å². The first-order chi connectivity index (χ1) is 11.8. The lowest BCUT2D eigenvalue weighted by atomic mass is 10.1. The number of nitrogens with one attached hydrogen (secondary N) is 1. The van der Waals surface area contributed by atoms with Gasteiger partial charge in [-0.3, -0.25) is 4.79 Å². The summed E-state index contributed by atoms with van der Waals surface area (Å²) in [5.74, 6) is 0.0180. The molecule has 3 aromatic rings. The summed E-state index contributed by atoms with van der Waals surface area (Å²) < 4.78 is 0.904. The highest BCUT2D eigenvalue weighted by Crippen LogP contribution is 2.66. The minimum absolute atomic E-state index is 0.0180. The summed E-state index contributed by atoms with van der Waals surface area (Å²) in [5, 5.41) is 3.99. The van der Waals surface area contributed by atoms with Gasteiger partial charge in [0.1, 0.15) is 5.01 Å². The number of thiazole rings is 1. The van der Waals surface area contributed by atoms with E-state index in [2.05, 4.69) is 62.3 Å². The number of aromatic nitrogens is 1. The van der Waals surface area contributed by atoms with Crippen molar-refractivity contribution in [2.75, 3.05) is 5.32 Å². The average molecular weight is 480 g/mol. The highest BCUT2D eigenvalue weighted by molar-refractivity contribution is 9.25. The lowest BCUT2D eigenvalue weighted by Gasteiger charge is -2.13. The maximum Gasteiger partial charge on any atom is 0.232 e. The number of nitrogens with zero attached hydrogens (tertiary/aromatic N) is 1. The second-order valence-corrected chi connectivity index (χ2v) is 11.5. The number of hydrogen-bond acceptors (Lipinski definition) is 3. The van der Waals surface area contributed by atoms with E-state index in [0.29, 0.717) is 0 Å². The topological polar surface area (TPSA) is 42.0 Å². The molecule has 0 bridgehead atoms. The van der Waals surface area contributed by atoms with Crippen molar-refractivity contribution in [3.63, 3.8) is 0 Å². The molecule has 3 nitrogen and oxygen atoms in total. The van der Waals surface area contributed by atoms with Crippen LogP contribution in [0.1, 0.15) is 18.9 Å². The van der Waals surface area contributed by atoms with E-state index in [1.807, 2.05) is 31.2 Å². The molecule has 1 amide bonds. The standard InChI is InChI=1S/C19H16Br2N2OS/c1-11-3-8-15-14(9-11)23-16(25-15)12-4-6-13(7-5-12)22-17(24)18(2)10-19(18,20)21/h3-9H,10H2,1-2H3,(H,22,24)/t18-/m0/s1. The zero-order valence-electron chi connectivity index (χ0n) is 13.8. The second kappa shape index (κ2) is 5.89. The Bertz CT molecular complexity index is 981. The van der Waals surface area contributed by atoms with Gasteiger partial charge in [-0.05, 0) is 62.2 Å². The van der Waals surface area contributed by atoms with Gasteiger partial charge in [0, 0.05) is 11.3 Å². The van der Waals surface area contributed by atoms with Crippen LogP contribution in [0.5, 0.6) is 0 Å². The Morgan fingerprint density at radius 1 is 1.20 bits per heavy atom. The Hall–Kier alpha value is -1.24. The number of fused-ring (bicyclic) bond motifs is 1. The van der Waals surface area contributed by atoms with Crippen LogP contribution in [0.15, 0.2) is 42.5 Å². The fourth-order valence-electron chi connectivity index (χ4n) is 2.77. The number of aryl methyl sites for hydroxylation is 1. The van der Waals surface area contributed by atoms with Crippen molar-refractivity contribution in [2.24, 2.45) is 5.41 Å². The fourth-order valence-corrected chi connectivity index (χ4v) is 5.21. The zero-order valence-corrected chi connectivity index (χ0v) is 17.8. The number of carbonyl (C=O) groups excluding carboxylic acids is 1. The highest BCUT2D eigenvalue weighted by atomic mass is 79.9. The van der Waals surface area contributed by atoms with Gasteiger partial charge < -0.3 is 5.32 Å². The Kier molecular flexibility index (Phi) is 4.05. The van der Waals surface area contributed by atoms with Crippen LogP contribution in [0, 0.1) is 12.3 Å². The van der Waals surface area contributed by atoms with Gasteiger partial charge in [-0.2, -0.15) is 0 Å². The van der Waals surface area contributed by atoms with Crippen molar-refractivity contribution >= 4 is 65.0 Å². The molecule has 0 spiro atoms. The second-order valence-electron chi connectivity index (χ2n) is 6.74. The van der Waals surface area contributed by atoms with Crippen molar-refractivity contribution in [2.45, 2.75) is 23.5 Å². The highest BCUT2D eigenvalue weighted by Gasteiger charge is 2.66. The first-order valence-corrected chi connectivity index (χ1v) is 10.4. The molecule has 2 aromatic carbocycles. The molecule has 1 fully saturated rings. The molecule has 1 saturated carbocycles. The van der Waals surface area contributed by atoms with Crippen LogP contribution >= 0.6 is 43.2 Å². The zero-order chi connectivity index (χ0) is 17.8. The summed E-state index contributed by atoms with van der Waals surface area (Å²) >= 11 is 8.75. The molecule has 128 valence electrons. The van der Waals surface area contributed by atoms with Gasteiger partial charge in [0.25, 0.3) is 0 Å². The predicted molar refractivity (Wildman–Crippen MR) is 112 cm³/mol. The summed E-state index contributed by atoms with van der Waals surface area (Å²) in [4.78, 5) is 17.2. The third-order valence-corrected chi connectivity index (χ3v) is 8.09. The Labute approximate surface area is 167 Å². The number of carbonyl (C=O) groups is 1. The molecule has 1 aliphatic carbocycles. The quantitative estimate of drug-likeness (QED) is 0.460.